The van der Waals surface area contributed by atoms with Crippen LogP contribution in [0.3, 0.4) is 0 Å². The molecule has 0 atom stereocenters. The van der Waals surface area contributed by atoms with E-state index in [1.54, 1.807) is 0 Å². The highest BCUT2D eigenvalue weighted by Crippen LogP contribution is 2.30. The number of hydrogen-bond acceptors (Lipinski definition) is 3. The first-order chi connectivity index (χ1) is 13.8. The third-order valence-corrected chi connectivity index (χ3v) is 5.71. The van der Waals surface area contributed by atoms with Gasteiger partial charge in [-0.25, -0.2) is 4.98 Å². The number of fused-ring (bicyclic) bond motifs is 1. The van der Waals surface area contributed by atoms with E-state index in [0.717, 1.165) is 49.5 Å². The van der Waals surface area contributed by atoms with E-state index >= 15 is 0 Å². The lowest BCUT2D eigenvalue weighted by Crippen LogP contribution is -2.32. The SMILES string of the molecule is c1ccc(-c2ccc(CN3CCC(c4nc5ccccc5o4)CC3)cc2)cc1. The molecule has 3 heteroatoms. The first-order valence-electron chi connectivity index (χ1n) is 10.1. The molecular formula is C25H24N2O. The van der Waals surface area contributed by atoms with Crippen LogP contribution in [0.15, 0.2) is 83.3 Å². The van der Waals surface area contributed by atoms with Crippen molar-refractivity contribution in [2.45, 2.75) is 25.3 Å². The van der Waals surface area contributed by atoms with Crippen LogP contribution in [-0.2, 0) is 6.54 Å². The van der Waals surface area contributed by atoms with Crippen molar-refractivity contribution < 1.29 is 4.42 Å². The first-order valence-corrected chi connectivity index (χ1v) is 10.1. The summed E-state index contributed by atoms with van der Waals surface area (Å²) in [4.78, 5) is 7.24. The van der Waals surface area contributed by atoms with Crippen LogP contribution in [0.25, 0.3) is 22.2 Å². The molecule has 0 unspecified atom stereocenters. The zero-order valence-electron chi connectivity index (χ0n) is 15.9. The van der Waals surface area contributed by atoms with E-state index in [4.69, 9.17) is 9.40 Å². The van der Waals surface area contributed by atoms with E-state index in [1.165, 1.54) is 16.7 Å². The van der Waals surface area contributed by atoms with Crippen LogP contribution >= 0.6 is 0 Å². The summed E-state index contributed by atoms with van der Waals surface area (Å²) in [7, 11) is 0. The lowest BCUT2D eigenvalue weighted by Gasteiger charge is -2.30. The van der Waals surface area contributed by atoms with Crippen LogP contribution in [0.1, 0.15) is 30.2 Å². The molecule has 0 amide bonds. The number of oxazole rings is 1. The second-order valence-electron chi connectivity index (χ2n) is 7.63. The normalized spacial score (nSPS) is 15.9. The average molecular weight is 368 g/mol. The summed E-state index contributed by atoms with van der Waals surface area (Å²) in [6, 6.07) is 27.6. The predicted molar refractivity (Wildman–Crippen MR) is 113 cm³/mol. The van der Waals surface area contributed by atoms with Crippen molar-refractivity contribution in [3.63, 3.8) is 0 Å². The third-order valence-electron chi connectivity index (χ3n) is 5.71. The van der Waals surface area contributed by atoms with Gasteiger partial charge in [0.2, 0.25) is 0 Å². The zero-order chi connectivity index (χ0) is 18.8. The van der Waals surface area contributed by atoms with E-state index in [9.17, 15) is 0 Å². The van der Waals surface area contributed by atoms with Crippen molar-refractivity contribution in [1.29, 1.82) is 0 Å². The van der Waals surface area contributed by atoms with Crippen molar-refractivity contribution >= 4 is 11.1 Å². The molecule has 0 saturated carbocycles. The van der Waals surface area contributed by atoms with Crippen LogP contribution in [0, 0.1) is 0 Å². The zero-order valence-corrected chi connectivity index (χ0v) is 15.9. The molecule has 1 fully saturated rings. The summed E-state index contributed by atoms with van der Waals surface area (Å²) < 4.78 is 5.99. The van der Waals surface area contributed by atoms with Gasteiger partial charge in [-0.15, -0.1) is 0 Å². The Morgan fingerprint density at radius 2 is 1.46 bits per heavy atom. The summed E-state index contributed by atoms with van der Waals surface area (Å²) in [6.07, 6.45) is 2.21. The molecule has 0 radical (unpaired) electrons. The fourth-order valence-electron chi connectivity index (χ4n) is 4.09. The molecule has 0 aliphatic carbocycles. The Kier molecular flexibility index (Phi) is 4.67. The molecule has 1 saturated heterocycles. The van der Waals surface area contributed by atoms with E-state index in [2.05, 4.69) is 59.5 Å². The fraction of sp³-hybridized carbons (Fsp3) is 0.240. The molecule has 0 spiro atoms. The van der Waals surface area contributed by atoms with Gasteiger partial charge in [0.25, 0.3) is 0 Å². The molecule has 1 aromatic heterocycles. The summed E-state index contributed by atoms with van der Waals surface area (Å²) >= 11 is 0. The van der Waals surface area contributed by atoms with Gasteiger partial charge in [-0.2, -0.15) is 0 Å². The van der Waals surface area contributed by atoms with Gasteiger partial charge < -0.3 is 4.42 Å². The number of rotatable bonds is 4. The third kappa shape index (κ3) is 3.58. The number of para-hydroxylation sites is 2. The second kappa shape index (κ2) is 7.61. The standard InChI is InChI=1S/C25H24N2O/c1-2-6-20(7-3-1)21-12-10-19(11-13-21)18-27-16-14-22(15-17-27)25-26-23-8-4-5-9-24(23)28-25/h1-13,22H,14-18H2. The van der Waals surface area contributed by atoms with Gasteiger partial charge in [0, 0.05) is 12.5 Å². The molecule has 0 N–H and O–H groups in total. The van der Waals surface area contributed by atoms with E-state index in [-0.39, 0.29) is 0 Å². The van der Waals surface area contributed by atoms with Gasteiger partial charge in [-0.1, -0.05) is 66.7 Å². The van der Waals surface area contributed by atoms with Crippen LogP contribution in [0.4, 0.5) is 0 Å². The molecule has 0 bridgehead atoms. The average Bonchev–Trinajstić information content (AvgIpc) is 3.20. The summed E-state index contributed by atoms with van der Waals surface area (Å²) in [5.41, 5.74) is 5.80. The van der Waals surface area contributed by atoms with Gasteiger partial charge in [0.05, 0.1) is 0 Å². The Morgan fingerprint density at radius 3 is 2.21 bits per heavy atom. The number of piperidine rings is 1. The highest BCUT2D eigenvalue weighted by Gasteiger charge is 2.24. The Hall–Kier alpha value is -2.91. The molecule has 2 heterocycles. The maximum absolute atomic E-state index is 5.99. The van der Waals surface area contributed by atoms with Gasteiger partial charge >= 0.3 is 0 Å². The quantitative estimate of drug-likeness (QED) is 0.451. The smallest absolute Gasteiger partial charge is 0.198 e. The van der Waals surface area contributed by atoms with Crippen LogP contribution in [-0.4, -0.2) is 23.0 Å². The van der Waals surface area contributed by atoms with Crippen molar-refractivity contribution in [1.82, 2.24) is 9.88 Å². The summed E-state index contributed by atoms with van der Waals surface area (Å²) in [5.74, 6) is 1.34. The van der Waals surface area contributed by atoms with Crippen molar-refractivity contribution in [3.05, 3.63) is 90.3 Å². The lowest BCUT2D eigenvalue weighted by molar-refractivity contribution is 0.194. The summed E-state index contributed by atoms with van der Waals surface area (Å²) in [6.45, 7) is 3.18. The highest BCUT2D eigenvalue weighted by atomic mass is 16.3. The fourth-order valence-corrected chi connectivity index (χ4v) is 4.09. The highest BCUT2D eigenvalue weighted by molar-refractivity contribution is 5.72. The topological polar surface area (TPSA) is 29.3 Å². The number of aromatic nitrogens is 1. The Labute approximate surface area is 165 Å². The van der Waals surface area contributed by atoms with E-state index in [1.807, 2.05) is 24.3 Å². The Morgan fingerprint density at radius 1 is 0.786 bits per heavy atom. The molecule has 140 valence electrons. The Balaban J connectivity index is 1.20. The van der Waals surface area contributed by atoms with Crippen molar-refractivity contribution in [2.24, 2.45) is 0 Å². The van der Waals surface area contributed by atoms with Gasteiger partial charge in [0.1, 0.15) is 5.52 Å². The molecule has 1 aliphatic rings. The van der Waals surface area contributed by atoms with Gasteiger partial charge in [0.15, 0.2) is 11.5 Å². The second-order valence-corrected chi connectivity index (χ2v) is 7.63. The predicted octanol–water partition coefficient (Wildman–Crippen LogP) is 5.87. The van der Waals surface area contributed by atoms with Crippen molar-refractivity contribution in [2.75, 3.05) is 13.1 Å². The van der Waals surface area contributed by atoms with Crippen molar-refractivity contribution in [3.8, 4) is 11.1 Å². The maximum atomic E-state index is 5.99. The number of benzene rings is 3. The maximum Gasteiger partial charge on any atom is 0.198 e. The molecular weight excluding hydrogens is 344 g/mol. The minimum atomic E-state index is 0.434. The van der Waals surface area contributed by atoms with E-state index < -0.39 is 0 Å². The summed E-state index contributed by atoms with van der Waals surface area (Å²) in [5, 5.41) is 0. The number of likely N-dealkylation sites (tertiary alicyclic amines) is 1. The Bertz CT molecular complexity index is 1010. The molecule has 4 aromatic rings. The van der Waals surface area contributed by atoms with Crippen LogP contribution in [0.2, 0.25) is 0 Å². The number of hydrogen-bond donors (Lipinski definition) is 0. The van der Waals surface area contributed by atoms with E-state index in [0.29, 0.717) is 5.92 Å². The van der Waals surface area contributed by atoms with Crippen LogP contribution in [0.5, 0.6) is 0 Å². The lowest BCUT2D eigenvalue weighted by atomic mass is 9.96. The molecule has 3 aromatic carbocycles. The number of nitrogens with zero attached hydrogens (tertiary/aromatic N) is 2. The molecule has 28 heavy (non-hydrogen) atoms. The molecule has 1 aliphatic heterocycles. The molecule has 3 nitrogen and oxygen atoms in total. The van der Waals surface area contributed by atoms with Gasteiger partial charge in [-0.05, 0) is 54.8 Å². The largest absolute Gasteiger partial charge is 0.440 e. The molecule has 5 rings (SSSR count). The minimum Gasteiger partial charge on any atom is -0.440 e. The van der Waals surface area contributed by atoms with Crippen LogP contribution < -0.4 is 0 Å². The van der Waals surface area contributed by atoms with Gasteiger partial charge in [-0.3, -0.25) is 4.90 Å². The first kappa shape index (κ1) is 17.2. The monoisotopic (exact) mass is 368 g/mol. The minimum absolute atomic E-state index is 0.434.